The van der Waals surface area contributed by atoms with Gasteiger partial charge in [-0.15, -0.1) is 0 Å². The number of carbonyl (C=O) groups is 1. The van der Waals surface area contributed by atoms with E-state index in [1.165, 1.54) is 6.33 Å². The Hall–Kier alpha value is -3.49. The van der Waals surface area contributed by atoms with Gasteiger partial charge in [0.25, 0.3) is 5.91 Å². The van der Waals surface area contributed by atoms with Gasteiger partial charge in [-0.1, -0.05) is 48.0 Å². The number of nitrogens with one attached hydrogen (secondary N) is 2. The van der Waals surface area contributed by atoms with Crippen molar-refractivity contribution >= 4 is 34.4 Å². The van der Waals surface area contributed by atoms with Crippen molar-refractivity contribution in [2.75, 3.05) is 18.8 Å². The summed E-state index contributed by atoms with van der Waals surface area (Å²) in [6.45, 7) is 2.26. The van der Waals surface area contributed by atoms with Crippen LogP contribution in [-0.2, 0) is 6.54 Å². The fraction of sp³-hybridized carbons (Fsp3) is 0.250. The minimum Gasteiger partial charge on any atom is -0.383 e. The minimum atomic E-state index is -0.208. The zero-order valence-electron chi connectivity index (χ0n) is 18.0. The fourth-order valence-electron chi connectivity index (χ4n) is 4.20. The quantitative estimate of drug-likeness (QED) is 0.419. The van der Waals surface area contributed by atoms with E-state index in [9.17, 15) is 4.79 Å². The third-order valence-electron chi connectivity index (χ3n) is 5.93. The SMILES string of the molecule is Nc1ncnc2c1c(-c1ccc(CNC(=O)c3ccccc3Cl)cc1)nn2[C@@H]1CCCNC1. The fourth-order valence-corrected chi connectivity index (χ4v) is 4.42. The third kappa shape index (κ3) is 4.27. The van der Waals surface area contributed by atoms with Crippen molar-refractivity contribution in [1.29, 1.82) is 0 Å². The van der Waals surface area contributed by atoms with Crippen LogP contribution in [0.4, 0.5) is 5.82 Å². The molecule has 1 saturated heterocycles. The molecule has 1 aliphatic rings. The summed E-state index contributed by atoms with van der Waals surface area (Å²) in [6, 6.07) is 15.1. The van der Waals surface area contributed by atoms with Crippen LogP contribution in [0.1, 0.15) is 34.8 Å². The molecule has 4 aromatic rings. The zero-order chi connectivity index (χ0) is 22.8. The first-order valence-corrected chi connectivity index (χ1v) is 11.3. The van der Waals surface area contributed by atoms with Crippen LogP contribution >= 0.6 is 11.6 Å². The minimum absolute atomic E-state index is 0.208. The third-order valence-corrected chi connectivity index (χ3v) is 6.26. The van der Waals surface area contributed by atoms with Crippen LogP contribution in [0.5, 0.6) is 0 Å². The largest absolute Gasteiger partial charge is 0.383 e. The molecule has 0 aliphatic carbocycles. The number of aromatic nitrogens is 4. The Kier molecular flexibility index (Phi) is 5.93. The topological polar surface area (TPSA) is 111 Å². The number of amides is 1. The van der Waals surface area contributed by atoms with Crippen LogP contribution in [0.25, 0.3) is 22.3 Å². The average molecular weight is 462 g/mol. The number of halogens is 1. The summed E-state index contributed by atoms with van der Waals surface area (Å²) < 4.78 is 1.98. The van der Waals surface area contributed by atoms with Crippen LogP contribution in [0, 0.1) is 0 Å². The van der Waals surface area contributed by atoms with Gasteiger partial charge in [-0.3, -0.25) is 4.79 Å². The van der Waals surface area contributed by atoms with Gasteiger partial charge in [0, 0.05) is 18.7 Å². The smallest absolute Gasteiger partial charge is 0.253 e. The molecule has 0 saturated carbocycles. The summed E-state index contributed by atoms with van der Waals surface area (Å²) in [7, 11) is 0. The van der Waals surface area contributed by atoms with Gasteiger partial charge >= 0.3 is 0 Å². The Morgan fingerprint density at radius 3 is 2.76 bits per heavy atom. The lowest BCUT2D eigenvalue weighted by molar-refractivity contribution is 0.0951. The van der Waals surface area contributed by atoms with Crippen LogP contribution in [0.15, 0.2) is 54.9 Å². The summed E-state index contributed by atoms with van der Waals surface area (Å²) in [6.07, 6.45) is 3.62. The normalized spacial score (nSPS) is 16.1. The molecule has 1 atom stereocenters. The zero-order valence-corrected chi connectivity index (χ0v) is 18.7. The molecule has 1 amide bonds. The molecule has 1 aliphatic heterocycles. The van der Waals surface area contributed by atoms with Crippen molar-refractivity contribution in [1.82, 2.24) is 30.4 Å². The van der Waals surface area contributed by atoms with Gasteiger partial charge < -0.3 is 16.4 Å². The second-order valence-electron chi connectivity index (χ2n) is 8.11. The molecule has 5 rings (SSSR count). The Morgan fingerprint density at radius 1 is 1.18 bits per heavy atom. The number of carbonyl (C=O) groups excluding carboxylic acids is 1. The van der Waals surface area contributed by atoms with Crippen molar-refractivity contribution in [2.24, 2.45) is 0 Å². The van der Waals surface area contributed by atoms with E-state index in [-0.39, 0.29) is 11.9 Å². The highest BCUT2D eigenvalue weighted by Gasteiger charge is 2.23. The first-order chi connectivity index (χ1) is 16.1. The second-order valence-corrected chi connectivity index (χ2v) is 8.52. The van der Waals surface area contributed by atoms with E-state index in [2.05, 4.69) is 20.6 Å². The van der Waals surface area contributed by atoms with E-state index in [0.717, 1.165) is 53.8 Å². The lowest BCUT2D eigenvalue weighted by Crippen LogP contribution is -2.32. The Bertz CT molecular complexity index is 1300. The summed E-state index contributed by atoms with van der Waals surface area (Å²) in [5, 5.41) is 12.4. The predicted molar refractivity (Wildman–Crippen MR) is 129 cm³/mol. The molecule has 9 heteroatoms. The summed E-state index contributed by atoms with van der Waals surface area (Å²) in [4.78, 5) is 21.1. The van der Waals surface area contributed by atoms with E-state index in [4.69, 9.17) is 22.4 Å². The molecule has 168 valence electrons. The Balaban J connectivity index is 1.39. The van der Waals surface area contributed by atoms with Crippen LogP contribution in [0.2, 0.25) is 5.02 Å². The monoisotopic (exact) mass is 461 g/mol. The lowest BCUT2D eigenvalue weighted by atomic mass is 10.1. The molecular formula is C24H24ClN7O. The number of rotatable bonds is 5. The summed E-state index contributed by atoms with van der Waals surface area (Å²) >= 11 is 6.11. The van der Waals surface area contributed by atoms with E-state index >= 15 is 0 Å². The number of nitrogen functional groups attached to an aromatic ring is 1. The van der Waals surface area contributed by atoms with Gasteiger partial charge in [-0.25, -0.2) is 14.6 Å². The molecule has 2 aromatic carbocycles. The van der Waals surface area contributed by atoms with Gasteiger partial charge in [-0.05, 0) is 37.1 Å². The molecule has 0 unspecified atom stereocenters. The molecule has 0 spiro atoms. The number of anilines is 1. The van der Waals surface area contributed by atoms with Gasteiger partial charge in [0.2, 0.25) is 0 Å². The maximum Gasteiger partial charge on any atom is 0.253 e. The number of benzene rings is 2. The van der Waals surface area contributed by atoms with E-state index in [1.54, 1.807) is 24.3 Å². The number of nitrogens with zero attached hydrogens (tertiary/aromatic N) is 4. The van der Waals surface area contributed by atoms with Gasteiger partial charge in [0.15, 0.2) is 5.65 Å². The van der Waals surface area contributed by atoms with Gasteiger partial charge in [0.1, 0.15) is 17.8 Å². The number of hydrogen-bond acceptors (Lipinski definition) is 6. The molecular weight excluding hydrogens is 438 g/mol. The highest BCUT2D eigenvalue weighted by atomic mass is 35.5. The number of piperidine rings is 1. The highest BCUT2D eigenvalue weighted by molar-refractivity contribution is 6.33. The highest BCUT2D eigenvalue weighted by Crippen LogP contribution is 2.33. The Morgan fingerprint density at radius 2 is 2.00 bits per heavy atom. The molecule has 1 fully saturated rings. The van der Waals surface area contributed by atoms with Crippen molar-refractivity contribution in [3.05, 3.63) is 71.0 Å². The maximum atomic E-state index is 12.4. The Labute approximate surface area is 196 Å². The molecule has 4 N–H and O–H groups in total. The molecule has 8 nitrogen and oxygen atoms in total. The van der Waals surface area contributed by atoms with Crippen molar-refractivity contribution in [3.63, 3.8) is 0 Å². The van der Waals surface area contributed by atoms with Crippen LogP contribution in [-0.4, -0.2) is 38.7 Å². The maximum absolute atomic E-state index is 12.4. The molecule has 0 radical (unpaired) electrons. The van der Waals surface area contributed by atoms with E-state index < -0.39 is 0 Å². The standard InChI is InChI=1S/C24H24ClN7O/c25-19-6-2-1-5-18(19)24(33)28-12-15-7-9-16(10-8-15)21-20-22(26)29-14-30-23(20)32(31-21)17-4-3-11-27-13-17/h1-2,5-10,14,17,27H,3-4,11-13H2,(H,28,33)(H2,26,29,30)/t17-/m1/s1. The van der Waals surface area contributed by atoms with Gasteiger partial charge in [0.05, 0.1) is 22.0 Å². The van der Waals surface area contributed by atoms with Crippen LogP contribution < -0.4 is 16.4 Å². The van der Waals surface area contributed by atoms with E-state index in [0.29, 0.717) is 22.9 Å². The van der Waals surface area contributed by atoms with Gasteiger partial charge in [-0.2, -0.15) is 5.10 Å². The first-order valence-electron chi connectivity index (χ1n) is 10.9. The van der Waals surface area contributed by atoms with Crippen LogP contribution in [0.3, 0.4) is 0 Å². The molecule has 3 heterocycles. The number of nitrogens with two attached hydrogens (primary N) is 1. The second kappa shape index (κ2) is 9.17. The predicted octanol–water partition coefficient (Wildman–Crippen LogP) is 3.58. The summed E-state index contributed by atoms with van der Waals surface area (Å²) in [5.41, 5.74) is 10.1. The average Bonchev–Trinajstić information content (AvgIpc) is 3.25. The lowest BCUT2D eigenvalue weighted by Gasteiger charge is -2.23. The first kappa shape index (κ1) is 21.4. The van der Waals surface area contributed by atoms with Crippen molar-refractivity contribution in [3.8, 4) is 11.3 Å². The molecule has 33 heavy (non-hydrogen) atoms. The van der Waals surface area contributed by atoms with Crippen molar-refractivity contribution < 1.29 is 4.79 Å². The van der Waals surface area contributed by atoms with Crippen molar-refractivity contribution in [2.45, 2.75) is 25.4 Å². The number of fused-ring (bicyclic) bond motifs is 1. The number of hydrogen-bond donors (Lipinski definition) is 3. The molecule has 2 aromatic heterocycles. The summed E-state index contributed by atoms with van der Waals surface area (Å²) in [5.74, 6) is 0.210. The molecule has 0 bridgehead atoms. The van der Waals surface area contributed by atoms with E-state index in [1.807, 2.05) is 28.9 Å².